The second-order valence-electron chi connectivity index (χ2n) is 11.0. The van der Waals surface area contributed by atoms with E-state index in [9.17, 15) is 39.6 Å². The minimum absolute atomic E-state index is 0.0370. The molecule has 1 fully saturated rings. The van der Waals surface area contributed by atoms with Crippen molar-refractivity contribution in [1.82, 2.24) is 15.2 Å². The third kappa shape index (κ3) is 6.73. The highest BCUT2D eigenvalue weighted by Crippen LogP contribution is 2.42. The Morgan fingerprint density at radius 1 is 1.20 bits per heavy atom. The summed E-state index contributed by atoms with van der Waals surface area (Å²) >= 11 is 2.16. The average molecular weight is 733 g/mol. The number of carbonyl (C=O) groups is 4. The Balaban J connectivity index is 1.21. The number of phenols is 2. The number of pyridine rings is 1. The molecule has 16 nitrogen and oxygen atoms in total. The number of oxime groups is 1. The average Bonchev–Trinajstić information content (AvgIpc) is 3.55. The Morgan fingerprint density at radius 3 is 2.67 bits per heavy atom. The van der Waals surface area contributed by atoms with E-state index < -0.39 is 64.0 Å². The number of nitrogen functional groups attached to an aromatic ring is 1. The number of phenolic OH excluding ortho intramolecular Hbond substituents is 2. The third-order valence-corrected chi connectivity index (χ3v) is 9.96. The number of aliphatic carboxylic acids is 2. The van der Waals surface area contributed by atoms with E-state index in [0.29, 0.717) is 12.1 Å². The van der Waals surface area contributed by atoms with Crippen molar-refractivity contribution in [2.75, 3.05) is 18.6 Å². The third-order valence-electron chi connectivity index (χ3n) is 7.99. The van der Waals surface area contributed by atoms with Crippen LogP contribution in [0.3, 0.4) is 0 Å². The van der Waals surface area contributed by atoms with E-state index in [0.717, 1.165) is 33.2 Å². The van der Waals surface area contributed by atoms with Gasteiger partial charge in [-0.15, -0.1) is 23.1 Å². The fourth-order valence-electron chi connectivity index (χ4n) is 5.55. The van der Waals surface area contributed by atoms with Gasteiger partial charge in [-0.05, 0) is 35.9 Å². The number of thioether (sulfide) groups is 1. The topological polar surface area (TPSA) is 241 Å². The highest BCUT2D eigenvalue weighted by molar-refractivity contribution is 8.00. The number of ether oxygens (including phenoxy) is 1. The van der Waals surface area contributed by atoms with E-state index in [1.165, 1.54) is 30.3 Å². The number of allylic oxidation sites excluding steroid dienone is 2. The molecule has 1 saturated heterocycles. The number of carboxylic acid groups (broad SMARTS) is 2. The molecule has 2 aromatic heterocycles. The first kappa shape index (κ1) is 34.7. The molecule has 3 atom stereocenters. The summed E-state index contributed by atoms with van der Waals surface area (Å²) < 4.78 is 6.90. The number of rotatable bonds is 12. The van der Waals surface area contributed by atoms with Crippen LogP contribution in [0, 0.1) is 0 Å². The lowest BCUT2D eigenvalue weighted by molar-refractivity contribution is -0.661. The predicted octanol–water partition coefficient (Wildman–Crippen LogP) is 0.793. The SMILES string of the molecule is COc1ccc(C(ON=C(C(=O)NC2C(=O)N3C(C(=O)[O-])=C(C=CC[n+]4cccc5ccccc54)CSC23)c2csc(N)n2)C(=O)O)c(O)c1O. The van der Waals surface area contributed by atoms with Crippen molar-refractivity contribution in [3.8, 4) is 17.2 Å². The summed E-state index contributed by atoms with van der Waals surface area (Å²) in [6.45, 7) is 0.430. The molecule has 2 aliphatic rings. The van der Waals surface area contributed by atoms with Gasteiger partial charge in [0.15, 0.2) is 35.1 Å². The van der Waals surface area contributed by atoms with Gasteiger partial charge in [-0.3, -0.25) is 14.5 Å². The molecule has 0 radical (unpaired) electrons. The van der Waals surface area contributed by atoms with Crippen LogP contribution in [0.1, 0.15) is 17.4 Å². The van der Waals surface area contributed by atoms with Crippen LogP contribution in [0.4, 0.5) is 5.13 Å². The van der Waals surface area contributed by atoms with Crippen LogP contribution in [0.5, 0.6) is 17.2 Å². The number of nitrogens with one attached hydrogen (secondary N) is 1. The quantitative estimate of drug-likeness (QED) is 0.0446. The molecule has 4 heterocycles. The van der Waals surface area contributed by atoms with Crippen molar-refractivity contribution < 1.29 is 53.7 Å². The van der Waals surface area contributed by atoms with Crippen LogP contribution >= 0.6 is 23.1 Å². The molecule has 3 unspecified atom stereocenters. The maximum Gasteiger partial charge on any atom is 0.352 e. The van der Waals surface area contributed by atoms with Crippen LogP contribution in [0.25, 0.3) is 10.9 Å². The number of carbonyl (C=O) groups excluding carboxylic acids is 3. The molecular weight excluding hydrogens is 705 g/mol. The summed E-state index contributed by atoms with van der Waals surface area (Å²) in [6, 6.07) is 12.8. The Labute approximate surface area is 296 Å². The van der Waals surface area contributed by atoms with Crippen molar-refractivity contribution in [2.24, 2.45) is 5.16 Å². The monoisotopic (exact) mass is 732 g/mol. The van der Waals surface area contributed by atoms with Gasteiger partial charge in [-0.1, -0.05) is 23.4 Å². The van der Waals surface area contributed by atoms with Gasteiger partial charge >= 0.3 is 5.97 Å². The highest BCUT2D eigenvalue weighted by atomic mass is 32.2. The number of hydrogen-bond acceptors (Lipinski definition) is 14. The number of anilines is 1. The van der Waals surface area contributed by atoms with Gasteiger partial charge in [-0.25, -0.2) is 9.78 Å². The van der Waals surface area contributed by atoms with E-state index in [4.69, 9.17) is 15.3 Å². The molecular formula is C33H28N6O10S2. The van der Waals surface area contributed by atoms with E-state index >= 15 is 0 Å². The molecule has 2 aliphatic heterocycles. The Bertz CT molecular complexity index is 2160. The zero-order valence-corrected chi connectivity index (χ0v) is 28.1. The van der Waals surface area contributed by atoms with Gasteiger partial charge in [0.1, 0.15) is 17.1 Å². The molecule has 6 rings (SSSR count). The maximum absolute atomic E-state index is 13.6. The number of hydrogen-bond donors (Lipinski definition) is 5. The summed E-state index contributed by atoms with van der Waals surface area (Å²) in [5.74, 6) is -6.49. The first-order valence-corrected chi connectivity index (χ1v) is 16.9. The van der Waals surface area contributed by atoms with Crippen molar-refractivity contribution in [3.05, 3.63) is 94.8 Å². The van der Waals surface area contributed by atoms with Gasteiger partial charge in [0.25, 0.3) is 17.9 Å². The van der Waals surface area contributed by atoms with Crippen LogP contribution in [-0.2, 0) is 30.6 Å². The van der Waals surface area contributed by atoms with E-state index in [2.05, 4.69) is 15.5 Å². The molecule has 0 spiro atoms. The molecule has 4 aromatic rings. The van der Waals surface area contributed by atoms with Gasteiger partial charge in [0.05, 0.1) is 24.3 Å². The number of thiazole rings is 1. The van der Waals surface area contributed by atoms with Crippen molar-refractivity contribution in [1.29, 1.82) is 0 Å². The number of aromatic hydroxyl groups is 2. The summed E-state index contributed by atoms with van der Waals surface area (Å²) in [6.07, 6.45) is 3.30. The molecule has 2 amide bonds. The number of nitrogens with zero attached hydrogens (tertiary/aromatic N) is 4. The molecule has 0 saturated carbocycles. The van der Waals surface area contributed by atoms with Crippen LogP contribution in [0.15, 0.2) is 88.7 Å². The van der Waals surface area contributed by atoms with Gasteiger partial charge in [0.2, 0.25) is 11.3 Å². The smallest absolute Gasteiger partial charge is 0.352 e. The summed E-state index contributed by atoms with van der Waals surface area (Å²) in [7, 11) is 1.23. The number of carboxylic acids is 2. The first-order chi connectivity index (χ1) is 24.5. The lowest BCUT2D eigenvalue weighted by Crippen LogP contribution is -2.71. The zero-order chi connectivity index (χ0) is 36.4. The molecule has 0 aliphatic carbocycles. The molecule has 2 aromatic carbocycles. The number of fused-ring (bicyclic) bond motifs is 2. The van der Waals surface area contributed by atoms with Gasteiger partial charge in [-0.2, -0.15) is 4.57 Å². The second-order valence-corrected chi connectivity index (χ2v) is 13.0. The number of β-lactam (4-membered cyclic amide) rings is 1. The summed E-state index contributed by atoms with van der Waals surface area (Å²) in [5, 5.41) is 50.5. The molecule has 262 valence electrons. The van der Waals surface area contributed by atoms with E-state index in [-0.39, 0.29) is 28.0 Å². The highest BCUT2D eigenvalue weighted by Gasteiger charge is 2.53. The second kappa shape index (κ2) is 14.4. The summed E-state index contributed by atoms with van der Waals surface area (Å²) in [5.41, 5.74) is 5.68. The van der Waals surface area contributed by atoms with Crippen LogP contribution in [0.2, 0.25) is 0 Å². The van der Waals surface area contributed by atoms with Gasteiger partial charge in [0, 0.05) is 28.7 Å². The van der Waals surface area contributed by atoms with Crippen molar-refractivity contribution >= 4 is 68.6 Å². The molecule has 51 heavy (non-hydrogen) atoms. The summed E-state index contributed by atoms with van der Waals surface area (Å²) in [4.78, 5) is 61.6. The lowest BCUT2D eigenvalue weighted by Gasteiger charge is -2.50. The predicted molar refractivity (Wildman–Crippen MR) is 181 cm³/mol. The largest absolute Gasteiger partial charge is 0.543 e. The molecule has 18 heteroatoms. The van der Waals surface area contributed by atoms with Crippen molar-refractivity contribution in [3.63, 3.8) is 0 Å². The minimum Gasteiger partial charge on any atom is -0.543 e. The van der Waals surface area contributed by atoms with Crippen LogP contribution in [-0.4, -0.2) is 78.9 Å². The fraction of sp³-hybridized carbons (Fsp3) is 0.182. The normalized spacial score (nSPS) is 17.9. The van der Waals surface area contributed by atoms with E-state index in [1.54, 1.807) is 12.2 Å². The molecule has 0 bridgehead atoms. The van der Waals surface area contributed by atoms with Crippen LogP contribution < -0.4 is 25.5 Å². The standard InChI is InChI=1S/C33H28N6O10S2/c1-48-21-11-10-18(25(40)26(21)41)27(32(46)47)49-37-22(19-15-51-33(34)35-19)28(42)36-23-29(43)39-24(31(44)45)17(14-50-30(23)39)8-5-13-38-12-4-7-16-6-2-3-9-20(16)38/h2-12,15,23,27,30H,13-14H2,1H3,(H6-,34,35,36,37,40,41,42,44,45,46,47). The molecule has 6 N–H and O–H groups in total. The van der Waals surface area contributed by atoms with Crippen molar-refractivity contribution in [2.45, 2.75) is 24.1 Å². The number of para-hydroxylation sites is 1. The van der Waals surface area contributed by atoms with E-state index in [1.807, 2.05) is 47.2 Å². The van der Waals surface area contributed by atoms with Gasteiger partial charge < -0.3 is 45.8 Å². The Hall–Kier alpha value is -6.14. The first-order valence-electron chi connectivity index (χ1n) is 15.0. The lowest BCUT2D eigenvalue weighted by atomic mass is 10.0. The minimum atomic E-state index is -2.02. The zero-order valence-electron chi connectivity index (χ0n) is 26.5. The fourth-order valence-corrected chi connectivity index (χ4v) is 7.42. The maximum atomic E-state index is 13.6. The Morgan fingerprint density at radius 2 is 1.96 bits per heavy atom. The Kier molecular flexibility index (Phi) is 9.79. The number of methoxy groups -OCH3 is 1. The number of aromatic nitrogens is 2. The number of amides is 2. The number of nitrogens with two attached hydrogens (primary N) is 1. The number of benzene rings is 2.